The number of primary amides is 1. The minimum Gasteiger partial charge on any atom is -0.379 e. The molecule has 3 fully saturated rings. The van der Waals surface area contributed by atoms with Gasteiger partial charge in [0.15, 0.2) is 0 Å². The molecule has 3 rings (SSSR count). The molecule has 0 saturated carbocycles. The van der Waals surface area contributed by atoms with Crippen molar-refractivity contribution in [2.24, 2.45) is 11.1 Å². The fourth-order valence-electron chi connectivity index (χ4n) is 3.40. The summed E-state index contributed by atoms with van der Waals surface area (Å²) in [5.74, 6) is -0.336. The summed E-state index contributed by atoms with van der Waals surface area (Å²) in [7, 11) is 0. The molecule has 0 unspecified atom stereocenters. The number of nitrogens with two attached hydrogens (primary N) is 1. The second-order valence-corrected chi connectivity index (χ2v) is 6.86. The lowest BCUT2D eigenvalue weighted by Gasteiger charge is -2.46. The highest BCUT2D eigenvalue weighted by atomic mass is 16.5. The van der Waals surface area contributed by atoms with E-state index in [1.165, 1.54) is 0 Å². The average molecular weight is 311 g/mol. The molecule has 124 valence electrons. The monoisotopic (exact) mass is 311 g/mol. The summed E-state index contributed by atoms with van der Waals surface area (Å²) in [4.78, 5) is 27.7. The fraction of sp³-hybridized carbons (Fsp3) is 0.867. The van der Waals surface area contributed by atoms with Crippen molar-refractivity contribution >= 4 is 11.8 Å². The van der Waals surface area contributed by atoms with Crippen LogP contribution in [0.1, 0.15) is 19.8 Å². The molecule has 2 atom stereocenters. The third kappa shape index (κ3) is 3.11. The van der Waals surface area contributed by atoms with E-state index >= 15 is 0 Å². The van der Waals surface area contributed by atoms with E-state index in [9.17, 15) is 9.59 Å². The Hall–Kier alpha value is -1.18. The molecule has 0 aromatic heterocycles. The molecule has 0 radical (unpaired) electrons. The number of morpholine rings is 1. The topological polar surface area (TPSA) is 85.1 Å². The highest BCUT2D eigenvalue weighted by molar-refractivity contribution is 5.88. The van der Waals surface area contributed by atoms with Gasteiger partial charge in [-0.1, -0.05) is 0 Å². The summed E-state index contributed by atoms with van der Waals surface area (Å²) in [6, 6.07) is 0. The van der Waals surface area contributed by atoms with Crippen LogP contribution in [0.3, 0.4) is 0 Å². The van der Waals surface area contributed by atoms with Crippen LogP contribution in [0.4, 0.5) is 0 Å². The number of hydrogen-bond acceptors (Lipinski definition) is 5. The molecule has 0 aromatic carbocycles. The molecular weight excluding hydrogens is 286 g/mol. The van der Waals surface area contributed by atoms with Crippen molar-refractivity contribution in [3.05, 3.63) is 0 Å². The van der Waals surface area contributed by atoms with Crippen molar-refractivity contribution in [2.45, 2.75) is 32.0 Å². The van der Waals surface area contributed by atoms with E-state index in [0.29, 0.717) is 13.1 Å². The molecule has 22 heavy (non-hydrogen) atoms. The minimum atomic E-state index is -0.568. The van der Waals surface area contributed by atoms with Gasteiger partial charge < -0.3 is 20.1 Å². The van der Waals surface area contributed by atoms with E-state index in [4.69, 9.17) is 15.2 Å². The normalized spacial score (nSPS) is 31.8. The van der Waals surface area contributed by atoms with Gasteiger partial charge in [0, 0.05) is 32.7 Å². The zero-order valence-electron chi connectivity index (χ0n) is 13.1. The summed E-state index contributed by atoms with van der Waals surface area (Å²) < 4.78 is 11.3. The molecule has 2 amide bonds. The summed E-state index contributed by atoms with van der Waals surface area (Å²) >= 11 is 0. The molecular formula is C15H25N3O4. The van der Waals surface area contributed by atoms with Gasteiger partial charge in [-0.15, -0.1) is 0 Å². The Labute approximate surface area is 130 Å². The molecule has 0 aliphatic carbocycles. The van der Waals surface area contributed by atoms with E-state index in [1.54, 1.807) is 11.8 Å². The van der Waals surface area contributed by atoms with Crippen molar-refractivity contribution in [1.29, 1.82) is 0 Å². The van der Waals surface area contributed by atoms with E-state index in [1.807, 2.05) is 0 Å². The Morgan fingerprint density at radius 2 is 1.91 bits per heavy atom. The van der Waals surface area contributed by atoms with Gasteiger partial charge in [-0.2, -0.15) is 0 Å². The maximum Gasteiger partial charge on any atom is 0.251 e. The van der Waals surface area contributed by atoms with Gasteiger partial charge in [0.05, 0.1) is 24.7 Å². The largest absolute Gasteiger partial charge is 0.379 e. The quantitative estimate of drug-likeness (QED) is 0.735. The van der Waals surface area contributed by atoms with Crippen LogP contribution in [0.5, 0.6) is 0 Å². The molecule has 7 heteroatoms. The number of likely N-dealkylation sites (tertiary alicyclic amines) is 1. The summed E-state index contributed by atoms with van der Waals surface area (Å²) in [5, 5.41) is 0. The molecule has 0 bridgehead atoms. The Kier molecular flexibility index (Phi) is 4.38. The third-order valence-corrected chi connectivity index (χ3v) is 4.93. The zero-order chi connectivity index (χ0) is 15.7. The van der Waals surface area contributed by atoms with Gasteiger partial charge in [0.1, 0.15) is 6.10 Å². The first-order valence-electron chi connectivity index (χ1n) is 8.02. The summed E-state index contributed by atoms with van der Waals surface area (Å²) in [5.41, 5.74) is 4.78. The number of amides is 2. The molecule has 2 N–H and O–H groups in total. The maximum absolute atomic E-state index is 12.4. The van der Waals surface area contributed by atoms with Gasteiger partial charge in [-0.3, -0.25) is 14.5 Å². The molecule has 0 aromatic rings. The number of rotatable bonds is 4. The minimum absolute atomic E-state index is 0.00297. The molecule has 3 aliphatic rings. The lowest BCUT2D eigenvalue weighted by molar-refractivity contribution is -0.159. The van der Waals surface area contributed by atoms with Gasteiger partial charge >= 0.3 is 0 Å². The first-order chi connectivity index (χ1) is 10.5. The van der Waals surface area contributed by atoms with E-state index in [-0.39, 0.29) is 24.0 Å². The van der Waals surface area contributed by atoms with Crippen LogP contribution in [0, 0.1) is 5.41 Å². The van der Waals surface area contributed by atoms with Gasteiger partial charge in [0.25, 0.3) is 5.91 Å². The summed E-state index contributed by atoms with van der Waals surface area (Å²) in [6.45, 7) is 6.90. The van der Waals surface area contributed by atoms with Gasteiger partial charge in [-0.05, 0) is 19.8 Å². The summed E-state index contributed by atoms with van der Waals surface area (Å²) in [6.07, 6.45) is 1.44. The van der Waals surface area contributed by atoms with Crippen molar-refractivity contribution in [3.63, 3.8) is 0 Å². The second-order valence-electron chi connectivity index (χ2n) is 6.86. The number of carbonyl (C=O) groups is 2. The van der Waals surface area contributed by atoms with E-state index in [0.717, 1.165) is 45.7 Å². The third-order valence-electron chi connectivity index (χ3n) is 4.93. The first-order valence-corrected chi connectivity index (χ1v) is 8.02. The second kappa shape index (κ2) is 6.14. The number of hydrogen-bond donors (Lipinski definition) is 1. The predicted molar refractivity (Wildman–Crippen MR) is 79.0 cm³/mol. The van der Waals surface area contributed by atoms with Crippen molar-refractivity contribution in [2.75, 3.05) is 45.9 Å². The van der Waals surface area contributed by atoms with Crippen LogP contribution in [0.2, 0.25) is 0 Å². The van der Waals surface area contributed by atoms with Crippen LogP contribution in [-0.2, 0) is 19.1 Å². The van der Waals surface area contributed by atoms with Gasteiger partial charge in [-0.25, -0.2) is 0 Å². The smallest absolute Gasteiger partial charge is 0.251 e. The van der Waals surface area contributed by atoms with Crippen molar-refractivity contribution in [1.82, 2.24) is 9.80 Å². The molecule has 3 heterocycles. The van der Waals surface area contributed by atoms with E-state index < -0.39 is 5.41 Å². The number of nitrogens with zero attached hydrogens (tertiary/aromatic N) is 2. The lowest BCUT2D eigenvalue weighted by Crippen LogP contribution is -2.64. The van der Waals surface area contributed by atoms with E-state index in [2.05, 4.69) is 4.90 Å². The van der Waals surface area contributed by atoms with Gasteiger partial charge in [0.2, 0.25) is 5.91 Å². The Morgan fingerprint density at radius 3 is 2.55 bits per heavy atom. The van der Waals surface area contributed by atoms with Crippen molar-refractivity contribution < 1.29 is 19.1 Å². The predicted octanol–water partition coefficient (Wildman–Crippen LogP) is -0.800. The Bertz CT molecular complexity index is 444. The maximum atomic E-state index is 12.4. The highest BCUT2D eigenvalue weighted by Crippen LogP contribution is 2.32. The number of ether oxygens (including phenoxy) is 2. The fourth-order valence-corrected chi connectivity index (χ4v) is 3.40. The molecule has 7 nitrogen and oxygen atoms in total. The van der Waals surface area contributed by atoms with Crippen LogP contribution < -0.4 is 5.73 Å². The average Bonchev–Trinajstić information content (AvgIpc) is 2.92. The molecule has 3 aliphatic heterocycles. The molecule has 3 saturated heterocycles. The highest BCUT2D eigenvalue weighted by Gasteiger charge is 2.48. The van der Waals surface area contributed by atoms with Crippen LogP contribution in [-0.4, -0.2) is 79.8 Å². The Balaban J connectivity index is 1.44. The van der Waals surface area contributed by atoms with Crippen LogP contribution >= 0.6 is 0 Å². The standard InChI is InChI=1S/C15H25N3O4/c1-15(14(16)20)9-18(10-15)13(19)12-3-2-11(22-12)8-17-4-6-21-7-5-17/h11-12H,2-10H2,1H3,(H2,16,20)/t11-,12+/m1/s1. The first kappa shape index (κ1) is 15.7. The SMILES string of the molecule is CC1(C(N)=O)CN(C(=O)[C@@H]2CC[C@H](CN3CCOCC3)O2)C1. The van der Waals surface area contributed by atoms with Crippen LogP contribution in [0.15, 0.2) is 0 Å². The zero-order valence-corrected chi connectivity index (χ0v) is 13.1. The Morgan fingerprint density at radius 1 is 1.23 bits per heavy atom. The number of carbonyl (C=O) groups excluding carboxylic acids is 2. The van der Waals surface area contributed by atoms with Crippen LogP contribution in [0.25, 0.3) is 0 Å². The van der Waals surface area contributed by atoms with Crippen molar-refractivity contribution in [3.8, 4) is 0 Å². The lowest BCUT2D eigenvalue weighted by atomic mass is 9.81. The molecule has 0 spiro atoms.